The molecule has 1 fully saturated rings. The maximum Gasteiger partial charge on any atom is 0.161 e. The van der Waals surface area contributed by atoms with E-state index in [0.29, 0.717) is 5.56 Å². The molecule has 0 aliphatic carbocycles. The van der Waals surface area contributed by atoms with Gasteiger partial charge in [-0.25, -0.2) is 0 Å². The highest BCUT2D eigenvalue weighted by Gasteiger charge is 2.13. The van der Waals surface area contributed by atoms with Crippen LogP contribution in [0.3, 0.4) is 0 Å². The summed E-state index contributed by atoms with van der Waals surface area (Å²) in [5, 5.41) is 3.11. The molecule has 1 aliphatic heterocycles. The van der Waals surface area contributed by atoms with Gasteiger partial charge in [0.2, 0.25) is 0 Å². The molecule has 0 bridgehead atoms. The van der Waals surface area contributed by atoms with Gasteiger partial charge in [-0.05, 0) is 56.0 Å². The summed E-state index contributed by atoms with van der Waals surface area (Å²) < 4.78 is 0. The van der Waals surface area contributed by atoms with Crippen LogP contribution in [0.2, 0.25) is 0 Å². The molecule has 160 valence electrons. The third-order valence-corrected chi connectivity index (χ3v) is 5.38. The molecule has 4 rings (SSSR count). The fourth-order valence-corrected chi connectivity index (χ4v) is 3.71. The zero-order valence-electron chi connectivity index (χ0n) is 18.2. The molecule has 1 N–H and O–H groups in total. The monoisotopic (exact) mass is 415 g/mol. The maximum absolute atomic E-state index is 11.5. The Hall–Kier alpha value is -3.47. The number of hydrogen-bond acceptors (Lipinski definition) is 5. The van der Waals surface area contributed by atoms with Crippen LogP contribution in [-0.2, 0) is 0 Å². The summed E-state index contributed by atoms with van der Waals surface area (Å²) in [6.45, 7) is 3.86. The third-order valence-electron chi connectivity index (χ3n) is 5.38. The van der Waals surface area contributed by atoms with Crippen molar-refractivity contribution in [2.75, 3.05) is 30.4 Å². The average Bonchev–Trinajstić information content (AvgIpc) is 2.85. The number of nitrogens with zero attached hydrogens (tertiary/aromatic N) is 2. The Morgan fingerprint density at radius 3 is 2.35 bits per heavy atom. The van der Waals surface area contributed by atoms with Gasteiger partial charge in [-0.15, -0.1) is 0 Å². The highest BCUT2D eigenvalue weighted by atomic mass is 16.1. The van der Waals surface area contributed by atoms with Crippen LogP contribution in [0.1, 0.15) is 46.9 Å². The van der Waals surface area contributed by atoms with Crippen molar-refractivity contribution in [1.82, 2.24) is 4.98 Å². The minimum atomic E-state index is 0.111. The Balaban J connectivity index is 0.000000179. The van der Waals surface area contributed by atoms with Crippen LogP contribution in [0.5, 0.6) is 0 Å². The Labute approximate surface area is 184 Å². The summed E-state index contributed by atoms with van der Waals surface area (Å²) in [7, 11) is 1.86. The van der Waals surface area contributed by atoms with E-state index in [2.05, 4.69) is 27.3 Å². The number of benzene rings is 2. The van der Waals surface area contributed by atoms with E-state index in [1.165, 1.54) is 24.9 Å². The van der Waals surface area contributed by atoms with Crippen molar-refractivity contribution in [1.29, 1.82) is 0 Å². The first-order chi connectivity index (χ1) is 15.1. The highest BCUT2D eigenvalue weighted by molar-refractivity contribution is 6.00. The zero-order chi connectivity index (χ0) is 22.1. The molecule has 1 saturated heterocycles. The van der Waals surface area contributed by atoms with Crippen LogP contribution in [0, 0.1) is 0 Å². The second kappa shape index (κ2) is 11.1. The Kier molecular flexibility index (Phi) is 7.93. The molecule has 3 aromatic rings. The lowest BCUT2D eigenvalue weighted by atomic mass is 10.1. The van der Waals surface area contributed by atoms with Gasteiger partial charge in [-0.1, -0.05) is 30.3 Å². The van der Waals surface area contributed by atoms with Gasteiger partial charge in [-0.2, -0.15) is 0 Å². The molecule has 1 aromatic heterocycles. The molecule has 2 heterocycles. The number of carbonyl (C=O) groups is 2. The van der Waals surface area contributed by atoms with Crippen molar-refractivity contribution in [3.05, 3.63) is 78.1 Å². The predicted octanol–water partition coefficient (Wildman–Crippen LogP) is 5.48. The molecular formula is C26H29N3O2. The standard InChI is InChI=1S/C14H20N2O.C12H9NO/c1-11(17)13-7-6-12(10-14(13)15-2)16-8-4-3-5-9-16;14-9-10-6-12(8-13-7-10)11-4-2-1-3-5-11/h6-7,10,15H,3-5,8-9H2,1-2H3;1-9H. The van der Waals surface area contributed by atoms with E-state index in [1.54, 1.807) is 19.3 Å². The van der Waals surface area contributed by atoms with Crippen molar-refractivity contribution >= 4 is 23.4 Å². The number of carbonyl (C=O) groups excluding carboxylic acids is 2. The van der Waals surface area contributed by atoms with Crippen LogP contribution in [-0.4, -0.2) is 37.2 Å². The van der Waals surface area contributed by atoms with E-state index in [1.807, 2.05) is 49.5 Å². The molecule has 0 radical (unpaired) electrons. The molecule has 5 nitrogen and oxygen atoms in total. The van der Waals surface area contributed by atoms with Gasteiger partial charge in [0.15, 0.2) is 12.1 Å². The Morgan fingerprint density at radius 2 is 1.71 bits per heavy atom. The lowest BCUT2D eigenvalue weighted by Crippen LogP contribution is -2.29. The summed E-state index contributed by atoms with van der Waals surface area (Å²) in [5.41, 5.74) is 5.57. The average molecular weight is 416 g/mol. The number of Topliss-reactive ketones (excluding diaryl/α,β-unsaturated/α-hetero) is 1. The Morgan fingerprint density at radius 1 is 0.968 bits per heavy atom. The Bertz CT molecular complexity index is 1010. The van der Waals surface area contributed by atoms with Crippen molar-refractivity contribution in [2.45, 2.75) is 26.2 Å². The summed E-state index contributed by atoms with van der Waals surface area (Å²) in [5.74, 6) is 0.111. The number of nitrogens with one attached hydrogen (secondary N) is 1. The molecule has 0 unspecified atom stereocenters. The number of rotatable bonds is 5. The number of pyridine rings is 1. The van der Waals surface area contributed by atoms with Gasteiger partial charge in [0.05, 0.1) is 0 Å². The van der Waals surface area contributed by atoms with E-state index in [0.717, 1.165) is 41.8 Å². The topological polar surface area (TPSA) is 62.3 Å². The molecule has 0 saturated carbocycles. The minimum Gasteiger partial charge on any atom is -0.387 e. The SMILES string of the molecule is CNc1cc(N2CCCCC2)ccc1C(C)=O.O=Cc1cncc(-c2ccccc2)c1. The van der Waals surface area contributed by atoms with Crippen LogP contribution in [0.25, 0.3) is 11.1 Å². The largest absolute Gasteiger partial charge is 0.387 e. The number of ketones is 1. The van der Waals surface area contributed by atoms with E-state index in [-0.39, 0.29) is 5.78 Å². The van der Waals surface area contributed by atoms with Crippen molar-refractivity contribution in [2.24, 2.45) is 0 Å². The second-order valence-electron chi connectivity index (χ2n) is 7.57. The van der Waals surface area contributed by atoms with E-state index in [4.69, 9.17) is 0 Å². The molecule has 5 heteroatoms. The number of piperidine rings is 1. The van der Waals surface area contributed by atoms with Crippen LogP contribution in [0.4, 0.5) is 11.4 Å². The van der Waals surface area contributed by atoms with Gasteiger partial charge in [0.1, 0.15) is 0 Å². The molecular weight excluding hydrogens is 386 g/mol. The maximum atomic E-state index is 11.5. The van der Waals surface area contributed by atoms with E-state index >= 15 is 0 Å². The highest BCUT2D eigenvalue weighted by Crippen LogP contribution is 2.26. The fraction of sp³-hybridized carbons (Fsp3) is 0.269. The number of aromatic nitrogens is 1. The number of anilines is 2. The van der Waals surface area contributed by atoms with Gasteiger partial charge in [0, 0.05) is 60.6 Å². The van der Waals surface area contributed by atoms with Gasteiger partial charge >= 0.3 is 0 Å². The van der Waals surface area contributed by atoms with Crippen molar-refractivity contribution in [3.8, 4) is 11.1 Å². The third kappa shape index (κ3) is 6.01. The summed E-state index contributed by atoms with van der Waals surface area (Å²) in [6, 6.07) is 17.8. The molecule has 0 amide bonds. The first-order valence-corrected chi connectivity index (χ1v) is 10.7. The first-order valence-electron chi connectivity index (χ1n) is 10.7. The summed E-state index contributed by atoms with van der Waals surface area (Å²) in [4.78, 5) is 28.4. The van der Waals surface area contributed by atoms with Crippen molar-refractivity contribution < 1.29 is 9.59 Å². The minimum absolute atomic E-state index is 0.111. The van der Waals surface area contributed by atoms with Crippen LogP contribution in [0.15, 0.2) is 67.0 Å². The van der Waals surface area contributed by atoms with Crippen molar-refractivity contribution in [3.63, 3.8) is 0 Å². The molecule has 0 spiro atoms. The quantitative estimate of drug-likeness (QED) is 0.441. The van der Waals surface area contributed by atoms with Gasteiger partial charge < -0.3 is 10.2 Å². The molecule has 1 aliphatic rings. The smallest absolute Gasteiger partial charge is 0.161 e. The lowest BCUT2D eigenvalue weighted by molar-refractivity contribution is 0.101. The molecule has 0 atom stereocenters. The second-order valence-corrected chi connectivity index (χ2v) is 7.57. The predicted molar refractivity (Wildman–Crippen MR) is 127 cm³/mol. The first kappa shape index (κ1) is 22.2. The lowest BCUT2D eigenvalue weighted by Gasteiger charge is -2.29. The summed E-state index contributed by atoms with van der Waals surface area (Å²) in [6.07, 6.45) is 7.98. The van der Waals surface area contributed by atoms with Gasteiger partial charge in [0.25, 0.3) is 0 Å². The van der Waals surface area contributed by atoms with E-state index < -0.39 is 0 Å². The normalized spacial score (nSPS) is 13.0. The zero-order valence-corrected chi connectivity index (χ0v) is 18.2. The van der Waals surface area contributed by atoms with Gasteiger partial charge in [-0.3, -0.25) is 14.6 Å². The number of aldehydes is 1. The van der Waals surface area contributed by atoms with Crippen LogP contribution >= 0.6 is 0 Å². The fourth-order valence-electron chi connectivity index (χ4n) is 3.71. The summed E-state index contributed by atoms with van der Waals surface area (Å²) >= 11 is 0. The van der Waals surface area contributed by atoms with Crippen LogP contribution < -0.4 is 10.2 Å². The number of hydrogen-bond donors (Lipinski definition) is 1. The van der Waals surface area contributed by atoms with E-state index in [9.17, 15) is 9.59 Å². The molecule has 31 heavy (non-hydrogen) atoms. The molecule has 2 aromatic carbocycles.